The maximum Gasteiger partial charge on any atom is 0.311 e. The minimum absolute atomic E-state index is 0.0573. The Morgan fingerprint density at radius 2 is 1.13 bits per heavy atom. The number of hydrogen-bond donors (Lipinski definition) is 0. The van der Waals surface area contributed by atoms with Crippen molar-refractivity contribution in [2.24, 2.45) is 0 Å². The molecule has 0 saturated heterocycles. The van der Waals surface area contributed by atoms with E-state index in [4.69, 9.17) is 9.47 Å². The molecule has 38 heavy (non-hydrogen) atoms. The molecule has 0 bridgehead atoms. The summed E-state index contributed by atoms with van der Waals surface area (Å²) in [6, 6.07) is 12.4. The number of ether oxygens (including phenoxy) is 2. The summed E-state index contributed by atoms with van der Waals surface area (Å²) in [6.07, 6.45) is 6.18. The van der Waals surface area contributed by atoms with E-state index in [0.717, 1.165) is 31.2 Å². The highest BCUT2D eigenvalue weighted by molar-refractivity contribution is 6.58. The second kappa shape index (κ2) is 12.2. The van der Waals surface area contributed by atoms with Gasteiger partial charge in [0.2, 0.25) is 11.6 Å². The van der Waals surface area contributed by atoms with Gasteiger partial charge in [-0.1, -0.05) is 82.9 Å². The van der Waals surface area contributed by atoms with Gasteiger partial charge >= 0.3 is 11.9 Å². The Bertz CT molecular complexity index is 1540. The van der Waals surface area contributed by atoms with Crippen molar-refractivity contribution in [3.8, 4) is 0 Å². The van der Waals surface area contributed by atoms with Crippen LogP contribution in [0.5, 0.6) is 0 Å². The number of unbranched alkanes of at least 4 members (excludes halogenated alkanes) is 4. The molecular formula is C32H34O6. The third kappa shape index (κ3) is 5.40. The van der Waals surface area contributed by atoms with Gasteiger partial charge in [-0.3, -0.25) is 19.2 Å². The fourth-order valence-corrected chi connectivity index (χ4v) is 4.90. The summed E-state index contributed by atoms with van der Waals surface area (Å²) in [5.74, 6) is -2.11. The summed E-state index contributed by atoms with van der Waals surface area (Å²) >= 11 is 0. The van der Waals surface area contributed by atoms with Gasteiger partial charge in [0, 0.05) is 34.4 Å². The van der Waals surface area contributed by atoms with Gasteiger partial charge in [-0.25, -0.2) is 0 Å². The fraction of sp³-hybridized carbons (Fsp3) is 0.375. The highest BCUT2D eigenvalue weighted by Crippen LogP contribution is 2.26. The van der Waals surface area contributed by atoms with Crippen LogP contribution >= 0.6 is 0 Å². The maximum atomic E-state index is 14.0. The number of benzene rings is 2. The number of ketones is 2. The van der Waals surface area contributed by atoms with Crippen LogP contribution in [0.3, 0.4) is 0 Å². The first-order valence-corrected chi connectivity index (χ1v) is 13.6. The summed E-state index contributed by atoms with van der Waals surface area (Å²) in [5.41, 5.74) is 1.29. The average Bonchev–Trinajstić information content (AvgIpc) is 2.92. The number of fused-ring (bicyclic) bond motifs is 3. The van der Waals surface area contributed by atoms with Crippen LogP contribution in [0, 0.1) is 0 Å². The number of esters is 2. The highest BCUT2D eigenvalue weighted by atomic mass is 16.5. The van der Waals surface area contributed by atoms with Gasteiger partial charge in [0.25, 0.3) is 0 Å². The van der Waals surface area contributed by atoms with Gasteiger partial charge in [0.1, 0.15) is 0 Å². The molecule has 0 heterocycles. The molecule has 2 aromatic carbocycles. The van der Waals surface area contributed by atoms with Crippen LogP contribution in [0.1, 0.15) is 77.7 Å². The lowest BCUT2D eigenvalue weighted by molar-refractivity contribution is -0.139. The van der Waals surface area contributed by atoms with Crippen LogP contribution < -0.4 is 20.9 Å². The summed E-state index contributed by atoms with van der Waals surface area (Å²) < 4.78 is 11.4. The third-order valence-corrected chi connectivity index (χ3v) is 6.96. The van der Waals surface area contributed by atoms with Crippen molar-refractivity contribution in [1.29, 1.82) is 0 Å². The molecule has 0 N–H and O–H groups in total. The average molecular weight is 515 g/mol. The Kier molecular flexibility index (Phi) is 8.72. The van der Waals surface area contributed by atoms with Gasteiger partial charge in [-0.15, -0.1) is 0 Å². The lowest BCUT2D eigenvalue weighted by atomic mass is 9.83. The van der Waals surface area contributed by atoms with Crippen LogP contribution in [0.4, 0.5) is 0 Å². The maximum absolute atomic E-state index is 14.0. The van der Waals surface area contributed by atoms with Crippen molar-refractivity contribution in [3.05, 3.63) is 68.9 Å². The van der Waals surface area contributed by atoms with E-state index in [-0.39, 0.29) is 35.5 Å². The van der Waals surface area contributed by atoms with Crippen LogP contribution in [-0.2, 0) is 35.1 Å². The normalized spacial score (nSPS) is 14.2. The quantitative estimate of drug-likeness (QED) is 0.339. The molecule has 0 amide bonds. The topological polar surface area (TPSA) is 86.7 Å². The van der Waals surface area contributed by atoms with Gasteiger partial charge in [-0.2, -0.15) is 0 Å². The molecule has 6 nitrogen and oxygen atoms in total. The Balaban J connectivity index is 1.93. The van der Waals surface area contributed by atoms with Gasteiger partial charge < -0.3 is 9.47 Å². The Hall–Kier alpha value is -3.80. The number of Topliss-reactive ketones (excluding diaryl/α,β-unsaturated/α-hetero) is 2. The number of rotatable bonds is 11. The molecular weight excluding hydrogens is 480 g/mol. The van der Waals surface area contributed by atoms with Crippen LogP contribution in [-0.4, -0.2) is 23.5 Å². The first-order valence-electron chi connectivity index (χ1n) is 13.6. The smallest absolute Gasteiger partial charge is 0.311 e. The Morgan fingerprint density at radius 3 is 1.66 bits per heavy atom. The molecule has 0 radical (unpaired) electrons. The standard InChI is InChI=1S/C32H34O6/c1-4-7-9-15-25(33)37-31-23-14-12-11-13-21(23)27-28(29(31)35)22-18-17-20(6-3)19-24(22)32(30(27)36)38-26(34)16-10-8-5-2/h11-14,17-19H,4-10,15-16H2,1-3H3. The van der Waals surface area contributed by atoms with E-state index in [9.17, 15) is 19.2 Å². The number of carbonyl (C=O) groups excluding carboxylic acids is 4. The first kappa shape index (κ1) is 27.2. The SMILES string of the molecule is CCCCCC(=O)OC1=c2ccccc2=C2C(=O)C(OC(=O)CCCCC)=c3cc(CC)ccc3=C2C1=O. The predicted molar refractivity (Wildman–Crippen MR) is 145 cm³/mol. The molecule has 0 unspecified atom stereocenters. The monoisotopic (exact) mass is 514 g/mol. The van der Waals surface area contributed by atoms with E-state index in [1.165, 1.54) is 0 Å². The van der Waals surface area contributed by atoms with E-state index < -0.39 is 23.5 Å². The van der Waals surface area contributed by atoms with Crippen LogP contribution in [0.15, 0.2) is 42.5 Å². The van der Waals surface area contributed by atoms with Crippen molar-refractivity contribution in [3.63, 3.8) is 0 Å². The summed E-state index contributed by atoms with van der Waals surface area (Å²) in [7, 11) is 0. The van der Waals surface area contributed by atoms with Crippen molar-refractivity contribution >= 4 is 46.2 Å². The molecule has 0 atom stereocenters. The molecule has 4 rings (SSSR count). The molecule has 0 saturated carbocycles. The van der Waals surface area contributed by atoms with Gasteiger partial charge in [0.05, 0.1) is 0 Å². The molecule has 2 aliphatic carbocycles. The molecule has 0 fully saturated rings. The summed E-state index contributed by atoms with van der Waals surface area (Å²) in [4.78, 5) is 53.2. The second-order valence-corrected chi connectivity index (χ2v) is 9.71. The highest BCUT2D eigenvalue weighted by Gasteiger charge is 2.37. The molecule has 0 aliphatic heterocycles. The molecule has 0 aromatic heterocycles. The summed E-state index contributed by atoms with van der Waals surface area (Å²) in [6.45, 7) is 6.08. The zero-order valence-corrected chi connectivity index (χ0v) is 22.4. The minimum atomic E-state index is -0.519. The summed E-state index contributed by atoms with van der Waals surface area (Å²) in [5, 5.41) is 1.77. The Labute approximate surface area is 222 Å². The molecule has 6 heteroatoms. The molecule has 0 spiro atoms. The number of aryl methyl sites for hydroxylation is 1. The molecule has 2 aromatic rings. The van der Waals surface area contributed by atoms with Crippen molar-refractivity contribution in [2.75, 3.05) is 0 Å². The van der Waals surface area contributed by atoms with Gasteiger partial charge in [-0.05, 0) is 41.3 Å². The zero-order valence-electron chi connectivity index (χ0n) is 22.4. The Morgan fingerprint density at radius 1 is 0.632 bits per heavy atom. The van der Waals surface area contributed by atoms with E-state index in [1.807, 2.05) is 26.8 Å². The van der Waals surface area contributed by atoms with E-state index in [0.29, 0.717) is 40.1 Å². The van der Waals surface area contributed by atoms with Crippen molar-refractivity contribution in [1.82, 2.24) is 0 Å². The molecule has 198 valence electrons. The van der Waals surface area contributed by atoms with E-state index >= 15 is 0 Å². The van der Waals surface area contributed by atoms with Gasteiger partial charge in [0.15, 0.2) is 11.5 Å². The largest absolute Gasteiger partial charge is 0.422 e. The van der Waals surface area contributed by atoms with Crippen molar-refractivity contribution < 1.29 is 28.7 Å². The lowest BCUT2D eigenvalue weighted by Gasteiger charge is -2.22. The van der Waals surface area contributed by atoms with E-state index in [1.54, 1.807) is 36.4 Å². The van der Waals surface area contributed by atoms with Crippen LogP contribution in [0.25, 0.3) is 22.7 Å². The van der Waals surface area contributed by atoms with Crippen molar-refractivity contribution in [2.45, 2.75) is 78.6 Å². The second-order valence-electron chi connectivity index (χ2n) is 9.71. The van der Waals surface area contributed by atoms with E-state index in [2.05, 4.69) is 0 Å². The minimum Gasteiger partial charge on any atom is -0.422 e. The fourth-order valence-electron chi connectivity index (χ4n) is 4.90. The number of hydrogen-bond acceptors (Lipinski definition) is 6. The van der Waals surface area contributed by atoms with Crippen LogP contribution in [0.2, 0.25) is 0 Å². The number of carbonyl (C=O) groups is 4. The first-order chi connectivity index (χ1) is 18.4. The third-order valence-electron chi connectivity index (χ3n) is 6.96. The molecule has 2 aliphatic rings. The zero-order chi connectivity index (χ0) is 27.2. The predicted octanol–water partition coefficient (Wildman–Crippen LogP) is 2.88. The lowest BCUT2D eigenvalue weighted by Crippen LogP contribution is -2.48.